The molecule has 0 heterocycles. The highest BCUT2D eigenvalue weighted by Crippen LogP contribution is 2.30. The second kappa shape index (κ2) is 6.95. The van der Waals surface area contributed by atoms with Crippen LogP contribution in [0.5, 0.6) is 0 Å². The van der Waals surface area contributed by atoms with E-state index < -0.39 is 0 Å². The molecule has 0 amide bonds. The van der Waals surface area contributed by atoms with Gasteiger partial charge in [0.15, 0.2) is 0 Å². The average molecular weight is 311 g/mol. The number of anilines is 1. The largest absolute Gasteiger partial charge is 0.365 e. The summed E-state index contributed by atoms with van der Waals surface area (Å²) in [7, 11) is 1.99. The molecular formula is C15H23BrN2. The van der Waals surface area contributed by atoms with Gasteiger partial charge in [-0.1, -0.05) is 28.1 Å². The molecule has 2 nitrogen and oxygen atoms in total. The maximum atomic E-state index is 3.86. The van der Waals surface area contributed by atoms with Gasteiger partial charge in [-0.3, -0.25) is 0 Å². The minimum atomic E-state index is 0.333. The molecule has 0 spiro atoms. The summed E-state index contributed by atoms with van der Waals surface area (Å²) in [5.74, 6) is 0. The minimum Gasteiger partial charge on any atom is -0.365 e. The van der Waals surface area contributed by atoms with Crippen molar-refractivity contribution in [3.05, 3.63) is 40.9 Å². The highest BCUT2D eigenvalue weighted by atomic mass is 79.9. The maximum absolute atomic E-state index is 3.86. The summed E-state index contributed by atoms with van der Waals surface area (Å²) in [6.07, 6.45) is 1.95. The lowest BCUT2D eigenvalue weighted by molar-refractivity contribution is 0.640. The Labute approximate surface area is 119 Å². The Balaban J connectivity index is 3.25. The predicted octanol–water partition coefficient (Wildman–Crippen LogP) is 4.13. The molecule has 1 unspecified atom stereocenters. The van der Waals surface area contributed by atoms with Gasteiger partial charge in [-0.25, -0.2) is 0 Å². The second-order valence-corrected chi connectivity index (χ2v) is 5.66. The lowest BCUT2D eigenvalue weighted by atomic mass is 10.0. The summed E-state index contributed by atoms with van der Waals surface area (Å²) in [5.41, 5.74) is 2.58. The Morgan fingerprint density at radius 1 is 1.39 bits per heavy atom. The van der Waals surface area contributed by atoms with E-state index in [0.29, 0.717) is 12.1 Å². The second-order valence-electron chi connectivity index (χ2n) is 4.75. The van der Waals surface area contributed by atoms with Crippen LogP contribution in [0.15, 0.2) is 35.3 Å². The number of hydrogen-bond acceptors (Lipinski definition) is 2. The highest BCUT2D eigenvalue weighted by molar-refractivity contribution is 9.10. The highest BCUT2D eigenvalue weighted by Gasteiger charge is 2.16. The summed E-state index contributed by atoms with van der Waals surface area (Å²) in [4.78, 5) is 2.36. The van der Waals surface area contributed by atoms with E-state index in [1.54, 1.807) is 0 Å². The lowest BCUT2D eigenvalue weighted by Gasteiger charge is -2.31. The first-order valence-electron chi connectivity index (χ1n) is 6.35. The summed E-state index contributed by atoms with van der Waals surface area (Å²) >= 11 is 3.56. The van der Waals surface area contributed by atoms with Gasteiger partial charge >= 0.3 is 0 Å². The zero-order valence-corrected chi connectivity index (χ0v) is 13.3. The first-order chi connectivity index (χ1) is 8.51. The van der Waals surface area contributed by atoms with E-state index in [1.165, 1.54) is 11.3 Å². The summed E-state index contributed by atoms with van der Waals surface area (Å²) in [6.45, 7) is 11.3. The van der Waals surface area contributed by atoms with E-state index in [0.717, 1.165) is 11.0 Å². The van der Waals surface area contributed by atoms with Crippen molar-refractivity contribution in [2.75, 3.05) is 18.5 Å². The first-order valence-corrected chi connectivity index (χ1v) is 7.14. The lowest BCUT2D eigenvalue weighted by Crippen LogP contribution is -2.32. The Bertz CT molecular complexity index is 401. The molecule has 0 saturated heterocycles. The van der Waals surface area contributed by atoms with Crippen LogP contribution in [0, 0.1) is 0 Å². The maximum Gasteiger partial charge on any atom is 0.0431 e. The zero-order chi connectivity index (χ0) is 13.7. The van der Waals surface area contributed by atoms with Crippen molar-refractivity contribution in [2.45, 2.75) is 32.9 Å². The predicted molar refractivity (Wildman–Crippen MR) is 84.3 cm³/mol. The van der Waals surface area contributed by atoms with Gasteiger partial charge in [0, 0.05) is 28.8 Å². The fourth-order valence-corrected chi connectivity index (χ4v) is 2.36. The normalized spacial score (nSPS) is 12.6. The van der Waals surface area contributed by atoms with Crippen LogP contribution in [0.1, 0.15) is 32.4 Å². The number of benzene rings is 1. The summed E-state index contributed by atoms with van der Waals surface area (Å²) in [5, 5.41) is 3.31. The molecule has 0 fully saturated rings. The van der Waals surface area contributed by atoms with Crippen molar-refractivity contribution in [1.82, 2.24) is 5.32 Å². The van der Waals surface area contributed by atoms with Crippen molar-refractivity contribution < 1.29 is 0 Å². The smallest absolute Gasteiger partial charge is 0.0431 e. The monoisotopic (exact) mass is 310 g/mol. The van der Waals surface area contributed by atoms with Crippen LogP contribution in [0.2, 0.25) is 0 Å². The SMILES string of the molecule is C=CCN(c1cc(Br)ccc1C(C)NC)C(C)C. The van der Waals surface area contributed by atoms with Crippen molar-refractivity contribution >= 4 is 21.6 Å². The van der Waals surface area contributed by atoms with Crippen LogP contribution in [-0.2, 0) is 0 Å². The molecule has 0 aliphatic rings. The molecule has 0 aliphatic carbocycles. The quantitative estimate of drug-likeness (QED) is 0.795. The van der Waals surface area contributed by atoms with Gasteiger partial charge in [0.25, 0.3) is 0 Å². The van der Waals surface area contributed by atoms with E-state index in [-0.39, 0.29) is 0 Å². The molecule has 0 radical (unpaired) electrons. The van der Waals surface area contributed by atoms with Crippen molar-refractivity contribution in [1.29, 1.82) is 0 Å². The minimum absolute atomic E-state index is 0.333. The fraction of sp³-hybridized carbons (Fsp3) is 0.467. The number of nitrogens with zero attached hydrogens (tertiary/aromatic N) is 1. The molecule has 100 valence electrons. The first kappa shape index (κ1) is 15.3. The van der Waals surface area contributed by atoms with E-state index in [1.807, 2.05) is 13.1 Å². The molecule has 0 aliphatic heterocycles. The molecule has 1 aromatic rings. The van der Waals surface area contributed by atoms with E-state index >= 15 is 0 Å². The molecule has 0 aromatic heterocycles. The molecule has 0 saturated carbocycles. The van der Waals surface area contributed by atoms with E-state index in [9.17, 15) is 0 Å². The van der Waals surface area contributed by atoms with Gasteiger partial charge in [-0.15, -0.1) is 6.58 Å². The van der Waals surface area contributed by atoms with Crippen molar-refractivity contribution in [3.8, 4) is 0 Å². The Hall–Kier alpha value is -0.800. The molecule has 18 heavy (non-hydrogen) atoms. The van der Waals surface area contributed by atoms with Crippen molar-refractivity contribution in [2.24, 2.45) is 0 Å². The van der Waals surface area contributed by atoms with Crippen LogP contribution in [0.3, 0.4) is 0 Å². The van der Waals surface area contributed by atoms with Gasteiger partial charge in [-0.2, -0.15) is 0 Å². The average Bonchev–Trinajstić information content (AvgIpc) is 2.34. The molecule has 1 atom stereocenters. The van der Waals surface area contributed by atoms with Crippen LogP contribution in [-0.4, -0.2) is 19.6 Å². The molecule has 1 aromatic carbocycles. The Morgan fingerprint density at radius 2 is 2.06 bits per heavy atom. The number of hydrogen-bond donors (Lipinski definition) is 1. The van der Waals surface area contributed by atoms with Crippen LogP contribution in [0.25, 0.3) is 0 Å². The zero-order valence-electron chi connectivity index (χ0n) is 11.7. The van der Waals surface area contributed by atoms with Gasteiger partial charge in [-0.05, 0) is 45.5 Å². The van der Waals surface area contributed by atoms with Gasteiger partial charge < -0.3 is 10.2 Å². The van der Waals surface area contributed by atoms with E-state index in [2.05, 4.69) is 71.7 Å². The van der Waals surface area contributed by atoms with Gasteiger partial charge in [0.1, 0.15) is 0 Å². The number of halogens is 1. The third-order valence-electron chi connectivity index (χ3n) is 3.15. The number of rotatable bonds is 6. The van der Waals surface area contributed by atoms with Gasteiger partial charge in [0.05, 0.1) is 0 Å². The summed E-state index contributed by atoms with van der Waals surface area (Å²) in [6, 6.07) is 7.24. The third kappa shape index (κ3) is 3.59. The molecule has 1 N–H and O–H groups in total. The third-order valence-corrected chi connectivity index (χ3v) is 3.64. The summed E-state index contributed by atoms with van der Waals surface area (Å²) < 4.78 is 1.11. The Kier molecular flexibility index (Phi) is 5.89. The standard InChI is InChI=1S/C15H23BrN2/c1-6-9-18(11(2)3)15-10-13(16)7-8-14(15)12(4)17-5/h6-8,10-12,17H,1,9H2,2-5H3. The van der Waals surface area contributed by atoms with Crippen molar-refractivity contribution in [3.63, 3.8) is 0 Å². The van der Waals surface area contributed by atoms with Crippen LogP contribution in [0.4, 0.5) is 5.69 Å². The fourth-order valence-electron chi connectivity index (χ4n) is 2.01. The van der Waals surface area contributed by atoms with Gasteiger partial charge in [0.2, 0.25) is 0 Å². The van der Waals surface area contributed by atoms with E-state index in [4.69, 9.17) is 0 Å². The molecule has 1 rings (SSSR count). The Morgan fingerprint density at radius 3 is 2.56 bits per heavy atom. The molecule has 0 bridgehead atoms. The van der Waals surface area contributed by atoms with Crippen LogP contribution < -0.4 is 10.2 Å². The number of nitrogens with one attached hydrogen (secondary N) is 1. The molecular weight excluding hydrogens is 288 g/mol. The topological polar surface area (TPSA) is 15.3 Å². The molecule has 3 heteroatoms. The van der Waals surface area contributed by atoms with Crippen LogP contribution >= 0.6 is 15.9 Å².